The molecule has 0 aliphatic heterocycles. The molecule has 0 saturated heterocycles. The Kier molecular flexibility index (Phi) is 3.47. The smallest absolute Gasteiger partial charge is 0.153 e. The Labute approximate surface area is 107 Å². The average Bonchev–Trinajstić information content (AvgIpc) is 2.34. The summed E-state index contributed by atoms with van der Waals surface area (Å²) in [6.07, 6.45) is 0.825. The second kappa shape index (κ2) is 5.05. The van der Waals surface area contributed by atoms with E-state index in [2.05, 4.69) is 6.07 Å². The minimum atomic E-state index is 0.579. The van der Waals surface area contributed by atoms with Crippen LogP contribution in [-0.2, 0) is 0 Å². The lowest BCUT2D eigenvalue weighted by Gasteiger charge is -2.11. The fourth-order valence-electron chi connectivity index (χ4n) is 1.89. The molecule has 0 aliphatic carbocycles. The van der Waals surface area contributed by atoms with Gasteiger partial charge in [-0.05, 0) is 44.5 Å². The lowest BCUT2D eigenvalue weighted by atomic mass is 10.1. The van der Waals surface area contributed by atoms with E-state index in [1.54, 1.807) is 0 Å². The Morgan fingerprint density at radius 1 is 0.889 bits per heavy atom. The molecule has 0 atom stereocenters. The third kappa shape index (κ3) is 2.59. The van der Waals surface area contributed by atoms with E-state index in [1.165, 1.54) is 5.56 Å². The third-order valence-electron chi connectivity index (χ3n) is 2.84. The second-order valence-electron chi connectivity index (χ2n) is 4.53. The van der Waals surface area contributed by atoms with Gasteiger partial charge in [0.1, 0.15) is 11.5 Å². The van der Waals surface area contributed by atoms with Crippen molar-refractivity contribution in [1.29, 1.82) is 0 Å². The maximum Gasteiger partial charge on any atom is 0.153 e. The molecule has 0 N–H and O–H groups in total. The highest BCUT2D eigenvalue weighted by molar-refractivity contribution is 5.79. The van der Waals surface area contributed by atoms with Gasteiger partial charge in [0, 0.05) is 0 Å². The molecule has 0 bridgehead atoms. The van der Waals surface area contributed by atoms with Crippen molar-refractivity contribution in [2.24, 2.45) is 0 Å². The summed E-state index contributed by atoms with van der Waals surface area (Å²) in [4.78, 5) is 11.0. The maximum atomic E-state index is 11.0. The summed E-state index contributed by atoms with van der Waals surface area (Å²) in [7, 11) is 0. The van der Waals surface area contributed by atoms with Crippen molar-refractivity contribution < 1.29 is 9.53 Å². The van der Waals surface area contributed by atoms with Crippen LogP contribution in [0.2, 0.25) is 0 Å². The molecule has 2 aromatic carbocycles. The van der Waals surface area contributed by atoms with E-state index in [9.17, 15) is 4.79 Å². The first-order valence-electron chi connectivity index (χ1n) is 5.91. The van der Waals surface area contributed by atoms with Gasteiger partial charge in [0.2, 0.25) is 0 Å². The Hall–Kier alpha value is -2.09. The molecular formula is C16H16O2. The molecule has 0 heterocycles. The Morgan fingerprint density at radius 2 is 1.50 bits per heavy atom. The number of aryl methyl sites for hydroxylation is 3. The van der Waals surface area contributed by atoms with Gasteiger partial charge in [0.15, 0.2) is 6.29 Å². The lowest BCUT2D eigenvalue weighted by Crippen LogP contribution is -1.93. The molecule has 2 nitrogen and oxygen atoms in total. The van der Waals surface area contributed by atoms with Gasteiger partial charge in [-0.1, -0.05) is 29.3 Å². The monoisotopic (exact) mass is 240 g/mol. The molecule has 0 radical (unpaired) electrons. The topological polar surface area (TPSA) is 26.3 Å². The summed E-state index contributed by atoms with van der Waals surface area (Å²) in [5, 5.41) is 0. The second-order valence-corrected chi connectivity index (χ2v) is 4.53. The van der Waals surface area contributed by atoms with E-state index in [-0.39, 0.29) is 0 Å². The van der Waals surface area contributed by atoms with Crippen molar-refractivity contribution >= 4 is 6.29 Å². The van der Waals surface area contributed by atoms with Crippen molar-refractivity contribution in [3.8, 4) is 11.5 Å². The van der Waals surface area contributed by atoms with Crippen molar-refractivity contribution in [3.63, 3.8) is 0 Å². The van der Waals surface area contributed by atoms with Crippen LogP contribution in [0.5, 0.6) is 11.5 Å². The Balaban J connectivity index is 2.36. The van der Waals surface area contributed by atoms with Gasteiger partial charge in [0.25, 0.3) is 0 Å². The number of hydrogen-bond donors (Lipinski definition) is 0. The summed E-state index contributed by atoms with van der Waals surface area (Å²) >= 11 is 0. The summed E-state index contributed by atoms with van der Waals surface area (Å²) in [6, 6.07) is 11.6. The Morgan fingerprint density at radius 3 is 2.11 bits per heavy atom. The van der Waals surface area contributed by atoms with Crippen LogP contribution in [0, 0.1) is 20.8 Å². The molecule has 2 aromatic rings. The van der Waals surface area contributed by atoms with Gasteiger partial charge >= 0.3 is 0 Å². The van der Waals surface area contributed by atoms with E-state index in [0.717, 1.165) is 23.2 Å². The minimum absolute atomic E-state index is 0.579. The molecule has 0 aliphatic rings. The fourth-order valence-corrected chi connectivity index (χ4v) is 1.89. The molecule has 0 aromatic heterocycles. The van der Waals surface area contributed by atoms with Gasteiger partial charge in [0.05, 0.1) is 5.56 Å². The van der Waals surface area contributed by atoms with Crippen molar-refractivity contribution in [3.05, 3.63) is 58.7 Å². The van der Waals surface area contributed by atoms with Crippen molar-refractivity contribution in [1.82, 2.24) is 0 Å². The van der Waals surface area contributed by atoms with E-state index >= 15 is 0 Å². The summed E-state index contributed by atoms with van der Waals surface area (Å²) < 4.78 is 5.81. The van der Waals surface area contributed by atoms with Crippen molar-refractivity contribution in [2.75, 3.05) is 0 Å². The first kappa shape index (κ1) is 12.4. The number of benzene rings is 2. The van der Waals surface area contributed by atoms with E-state index in [4.69, 9.17) is 4.74 Å². The van der Waals surface area contributed by atoms with Crippen molar-refractivity contribution in [2.45, 2.75) is 20.8 Å². The molecular weight excluding hydrogens is 224 g/mol. The zero-order chi connectivity index (χ0) is 13.1. The largest absolute Gasteiger partial charge is 0.456 e. The maximum absolute atomic E-state index is 11.0. The Bertz CT molecular complexity index is 586. The predicted molar refractivity (Wildman–Crippen MR) is 72.6 cm³/mol. The standard InChI is InChI=1S/C16H16O2/c1-11-4-6-15(13(3)8-11)18-16-7-5-12(2)9-14(16)10-17/h4-10H,1-3H3. The van der Waals surface area contributed by atoms with Crippen LogP contribution in [0.25, 0.3) is 0 Å². The number of ether oxygens (including phenoxy) is 1. The highest BCUT2D eigenvalue weighted by atomic mass is 16.5. The van der Waals surface area contributed by atoms with Gasteiger partial charge < -0.3 is 4.74 Å². The first-order valence-corrected chi connectivity index (χ1v) is 5.91. The molecule has 92 valence electrons. The van der Waals surface area contributed by atoms with E-state index in [1.807, 2.05) is 51.1 Å². The van der Waals surface area contributed by atoms with Crippen LogP contribution >= 0.6 is 0 Å². The SMILES string of the molecule is Cc1ccc(Oc2ccc(C)cc2C=O)c(C)c1. The van der Waals surface area contributed by atoms with Crippen LogP contribution < -0.4 is 4.74 Å². The molecule has 2 rings (SSSR count). The molecule has 0 fully saturated rings. The summed E-state index contributed by atoms with van der Waals surface area (Å²) in [5.74, 6) is 1.38. The number of aldehydes is 1. The number of carbonyl (C=O) groups is 1. The molecule has 0 saturated carbocycles. The van der Waals surface area contributed by atoms with Crippen LogP contribution in [0.4, 0.5) is 0 Å². The minimum Gasteiger partial charge on any atom is -0.456 e. The van der Waals surface area contributed by atoms with E-state index < -0.39 is 0 Å². The molecule has 0 amide bonds. The summed E-state index contributed by atoms with van der Waals surface area (Å²) in [5.41, 5.74) is 3.88. The fraction of sp³-hybridized carbons (Fsp3) is 0.188. The zero-order valence-corrected chi connectivity index (χ0v) is 10.9. The summed E-state index contributed by atoms with van der Waals surface area (Å²) in [6.45, 7) is 5.99. The normalized spacial score (nSPS) is 10.2. The average molecular weight is 240 g/mol. The van der Waals surface area contributed by atoms with Gasteiger partial charge in [-0.3, -0.25) is 4.79 Å². The first-order chi connectivity index (χ1) is 8.60. The van der Waals surface area contributed by atoms with Gasteiger partial charge in [-0.2, -0.15) is 0 Å². The van der Waals surface area contributed by atoms with Crippen LogP contribution in [-0.4, -0.2) is 6.29 Å². The van der Waals surface area contributed by atoms with Crippen LogP contribution in [0.1, 0.15) is 27.0 Å². The zero-order valence-electron chi connectivity index (χ0n) is 10.9. The predicted octanol–water partition coefficient (Wildman–Crippen LogP) is 4.22. The molecule has 2 heteroatoms. The van der Waals surface area contributed by atoms with Gasteiger partial charge in [-0.15, -0.1) is 0 Å². The number of hydrogen-bond acceptors (Lipinski definition) is 2. The van der Waals surface area contributed by atoms with Gasteiger partial charge in [-0.25, -0.2) is 0 Å². The third-order valence-corrected chi connectivity index (χ3v) is 2.84. The lowest BCUT2D eigenvalue weighted by molar-refractivity contribution is 0.112. The van der Waals surface area contributed by atoms with Crippen LogP contribution in [0.3, 0.4) is 0 Å². The highest BCUT2D eigenvalue weighted by Crippen LogP contribution is 2.28. The highest BCUT2D eigenvalue weighted by Gasteiger charge is 2.06. The van der Waals surface area contributed by atoms with Crippen LogP contribution in [0.15, 0.2) is 36.4 Å². The number of rotatable bonds is 3. The molecule has 18 heavy (non-hydrogen) atoms. The number of carbonyl (C=O) groups excluding carboxylic acids is 1. The molecule has 0 unspecified atom stereocenters. The van der Waals surface area contributed by atoms with E-state index in [0.29, 0.717) is 11.3 Å². The quantitative estimate of drug-likeness (QED) is 0.751. The molecule has 0 spiro atoms.